The highest BCUT2D eigenvalue weighted by molar-refractivity contribution is 8.13. The van der Waals surface area contributed by atoms with Crippen LogP contribution in [0.2, 0.25) is 0 Å². The number of carbonyl (C=O) groups excluding carboxylic acids is 1. The molecule has 1 aromatic carbocycles. The molecule has 0 bridgehead atoms. The van der Waals surface area contributed by atoms with Crippen LogP contribution in [0, 0.1) is 13.8 Å². The third-order valence-electron chi connectivity index (χ3n) is 2.76. The van der Waals surface area contributed by atoms with Crippen LogP contribution in [0.3, 0.4) is 0 Å². The summed E-state index contributed by atoms with van der Waals surface area (Å²) in [5.41, 5.74) is 1.08. The molecule has 0 aliphatic carbocycles. The largest absolute Gasteiger partial charge is 0.481 e. The number of halogens is 1. The molecule has 1 unspecified atom stereocenters. The fourth-order valence-electron chi connectivity index (χ4n) is 1.71. The zero-order valence-corrected chi connectivity index (χ0v) is 13.4. The lowest BCUT2D eigenvalue weighted by atomic mass is 10.1. The van der Waals surface area contributed by atoms with Crippen LogP contribution in [0.4, 0.5) is 0 Å². The van der Waals surface area contributed by atoms with Gasteiger partial charge in [0.15, 0.2) is 6.10 Å². The molecule has 7 heteroatoms. The van der Waals surface area contributed by atoms with Crippen molar-refractivity contribution in [3.8, 4) is 5.75 Å². The molecule has 1 atom stereocenters. The topological polar surface area (TPSA) is 72.5 Å². The van der Waals surface area contributed by atoms with Crippen molar-refractivity contribution in [2.75, 3.05) is 6.54 Å². The molecule has 5 nitrogen and oxygen atoms in total. The molecule has 0 aliphatic heterocycles. The molecule has 1 N–H and O–H groups in total. The number of rotatable bonds is 5. The normalized spacial score (nSPS) is 12.8. The number of hydrogen-bond acceptors (Lipinski definition) is 4. The molecule has 0 aliphatic rings. The minimum atomic E-state index is -3.79. The Balaban J connectivity index is 3.05. The van der Waals surface area contributed by atoms with E-state index in [9.17, 15) is 13.2 Å². The first-order valence-electron chi connectivity index (χ1n) is 6.17. The first-order valence-corrected chi connectivity index (χ1v) is 8.48. The molecule has 1 rings (SSSR count). The molecule has 0 fully saturated rings. The minimum Gasteiger partial charge on any atom is -0.481 e. The Morgan fingerprint density at radius 2 is 1.95 bits per heavy atom. The van der Waals surface area contributed by atoms with Crippen molar-refractivity contribution in [1.82, 2.24) is 5.32 Å². The highest BCUT2D eigenvalue weighted by atomic mass is 35.7. The van der Waals surface area contributed by atoms with Gasteiger partial charge in [-0.3, -0.25) is 4.79 Å². The number of ether oxygens (including phenoxy) is 1. The summed E-state index contributed by atoms with van der Waals surface area (Å²) in [5, 5.41) is 2.65. The number of benzene rings is 1. The number of amides is 1. The summed E-state index contributed by atoms with van der Waals surface area (Å²) in [4.78, 5) is 11.7. The average Bonchev–Trinajstić information content (AvgIpc) is 2.32. The van der Waals surface area contributed by atoms with Gasteiger partial charge in [0.2, 0.25) is 0 Å². The van der Waals surface area contributed by atoms with Crippen LogP contribution in [0.5, 0.6) is 5.75 Å². The van der Waals surface area contributed by atoms with Gasteiger partial charge >= 0.3 is 0 Å². The smallest absolute Gasteiger partial charge is 0.261 e. The maximum atomic E-state index is 11.6. The minimum absolute atomic E-state index is 0.0506. The third kappa shape index (κ3) is 4.11. The second-order valence-electron chi connectivity index (χ2n) is 4.48. The van der Waals surface area contributed by atoms with Crippen molar-refractivity contribution in [3.63, 3.8) is 0 Å². The van der Waals surface area contributed by atoms with Gasteiger partial charge in [0.05, 0.1) is 4.90 Å². The summed E-state index contributed by atoms with van der Waals surface area (Å²) >= 11 is 0. The van der Waals surface area contributed by atoms with Gasteiger partial charge in [0.25, 0.3) is 15.0 Å². The molecule has 0 heterocycles. The maximum Gasteiger partial charge on any atom is 0.261 e. The number of likely N-dealkylation sites (N-methyl/N-ethyl adjacent to an activating group) is 1. The van der Waals surface area contributed by atoms with E-state index in [0.717, 1.165) is 0 Å². The molecule has 20 heavy (non-hydrogen) atoms. The van der Waals surface area contributed by atoms with E-state index in [1.165, 1.54) is 6.07 Å². The molecular weight excluding hydrogens is 302 g/mol. The van der Waals surface area contributed by atoms with Crippen LogP contribution in [0.15, 0.2) is 17.0 Å². The summed E-state index contributed by atoms with van der Waals surface area (Å²) in [7, 11) is 1.56. The Labute approximate surface area is 123 Å². The quantitative estimate of drug-likeness (QED) is 0.844. The highest BCUT2D eigenvalue weighted by Gasteiger charge is 2.19. The lowest BCUT2D eigenvalue weighted by Crippen LogP contribution is -2.36. The third-order valence-corrected chi connectivity index (χ3v) is 4.22. The van der Waals surface area contributed by atoms with E-state index in [0.29, 0.717) is 23.4 Å². The Bertz CT molecular complexity index is 613. The zero-order chi connectivity index (χ0) is 15.5. The molecule has 112 valence electrons. The highest BCUT2D eigenvalue weighted by Crippen LogP contribution is 2.28. The molecule has 0 saturated carbocycles. The van der Waals surface area contributed by atoms with E-state index < -0.39 is 15.2 Å². The Morgan fingerprint density at radius 3 is 2.45 bits per heavy atom. The summed E-state index contributed by atoms with van der Waals surface area (Å²) in [6, 6.07) is 3.01. The predicted octanol–water partition coefficient (Wildman–Crippen LogP) is 2.13. The van der Waals surface area contributed by atoms with Crippen LogP contribution >= 0.6 is 10.7 Å². The van der Waals surface area contributed by atoms with E-state index in [1.54, 1.807) is 26.8 Å². The van der Waals surface area contributed by atoms with E-state index in [4.69, 9.17) is 15.4 Å². The van der Waals surface area contributed by atoms with Gasteiger partial charge in [0, 0.05) is 17.2 Å². The first kappa shape index (κ1) is 16.8. The molecular formula is C13H18ClNO4S. The van der Waals surface area contributed by atoms with Crippen LogP contribution in [-0.2, 0) is 13.8 Å². The molecule has 0 radical (unpaired) electrons. The van der Waals surface area contributed by atoms with Crippen molar-refractivity contribution in [1.29, 1.82) is 0 Å². The molecule has 1 aromatic rings. The number of carbonyl (C=O) groups is 1. The van der Waals surface area contributed by atoms with Crippen molar-refractivity contribution in [2.45, 2.75) is 38.7 Å². The fourth-order valence-corrected chi connectivity index (χ4v) is 2.97. The predicted molar refractivity (Wildman–Crippen MR) is 77.7 cm³/mol. The summed E-state index contributed by atoms with van der Waals surface area (Å²) in [6.45, 7) is 7.29. The van der Waals surface area contributed by atoms with E-state index in [2.05, 4.69) is 5.32 Å². The van der Waals surface area contributed by atoms with Crippen molar-refractivity contribution in [2.24, 2.45) is 0 Å². The lowest BCUT2D eigenvalue weighted by Gasteiger charge is -2.17. The Hall–Kier alpha value is -1.27. The second-order valence-corrected chi connectivity index (χ2v) is 7.01. The lowest BCUT2D eigenvalue weighted by molar-refractivity contribution is -0.127. The van der Waals surface area contributed by atoms with Gasteiger partial charge in [-0.2, -0.15) is 0 Å². The Morgan fingerprint density at radius 1 is 1.35 bits per heavy atom. The number of aryl methyl sites for hydroxylation is 2. The van der Waals surface area contributed by atoms with Gasteiger partial charge < -0.3 is 10.1 Å². The van der Waals surface area contributed by atoms with Crippen LogP contribution in [0.25, 0.3) is 0 Å². The maximum absolute atomic E-state index is 11.6. The van der Waals surface area contributed by atoms with Gasteiger partial charge in [-0.05, 0) is 51.0 Å². The van der Waals surface area contributed by atoms with E-state index in [-0.39, 0.29) is 10.8 Å². The SMILES string of the molecule is CCNC(=O)C(C)Oc1cc(C)c(S(=O)(=O)Cl)cc1C. The van der Waals surface area contributed by atoms with Crippen LogP contribution in [0.1, 0.15) is 25.0 Å². The van der Waals surface area contributed by atoms with Gasteiger partial charge in [-0.1, -0.05) is 0 Å². The molecule has 0 spiro atoms. The average molecular weight is 320 g/mol. The molecule has 1 amide bonds. The standard InChI is InChI=1S/C13H18ClNO4S/c1-5-15-13(16)10(4)19-11-6-9(3)12(7-8(11)2)20(14,17)18/h6-7,10H,5H2,1-4H3,(H,15,16). The molecule has 0 saturated heterocycles. The van der Waals surface area contributed by atoms with Gasteiger partial charge in [-0.25, -0.2) is 8.42 Å². The summed E-state index contributed by atoms with van der Waals surface area (Å²) < 4.78 is 28.3. The van der Waals surface area contributed by atoms with Crippen molar-refractivity contribution in [3.05, 3.63) is 23.3 Å². The van der Waals surface area contributed by atoms with Gasteiger partial charge in [-0.15, -0.1) is 0 Å². The van der Waals surface area contributed by atoms with Crippen LogP contribution in [-0.4, -0.2) is 27.0 Å². The van der Waals surface area contributed by atoms with E-state index >= 15 is 0 Å². The molecule has 0 aromatic heterocycles. The monoisotopic (exact) mass is 319 g/mol. The van der Waals surface area contributed by atoms with Crippen LogP contribution < -0.4 is 10.1 Å². The van der Waals surface area contributed by atoms with Crippen molar-refractivity contribution >= 4 is 25.6 Å². The Kier molecular flexibility index (Phi) is 5.42. The van der Waals surface area contributed by atoms with Gasteiger partial charge in [0.1, 0.15) is 5.75 Å². The van der Waals surface area contributed by atoms with E-state index in [1.807, 2.05) is 6.92 Å². The number of nitrogens with one attached hydrogen (secondary N) is 1. The first-order chi connectivity index (χ1) is 9.16. The summed E-state index contributed by atoms with van der Waals surface area (Å²) in [5.74, 6) is 0.240. The second kappa shape index (κ2) is 6.45. The zero-order valence-electron chi connectivity index (χ0n) is 11.9. The number of hydrogen-bond donors (Lipinski definition) is 1. The summed E-state index contributed by atoms with van der Waals surface area (Å²) in [6.07, 6.45) is -0.661. The fraction of sp³-hybridized carbons (Fsp3) is 0.462. The van der Waals surface area contributed by atoms with Crippen molar-refractivity contribution < 1.29 is 17.9 Å².